The van der Waals surface area contributed by atoms with Crippen LogP contribution in [0.3, 0.4) is 0 Å². The van der Waals surface area contributed by atoms with Crippen molar-refractivity contribution in [3.05, 3.63) is 18.2 Å². The number of rotatable bonds is 4. The fourth-order valence-electron chi connectivity index (χ4n) is 2.22. The number of methoxy groups -OCH3 is 2. The molecule has 2 atom stereocenters. The van der Waals surface area contributed by atoms with Gasteiger partial charge in [0.1, 0.15) is 11.5 Å². The zero-order chi connectivity index (χ0) is 13.0. The minimum absolute atomic E-state index is 0.416. The van der Waals surface area contributed by atoms with Crippen molar-refractivity contribution in [1.82, 2.24) is 0 Å². The van der Waals surface area contributed by atoms with Crippen molar-refractivity contribution in [3.63, 3.8) is 0 Å². The largest absolute Gasteiger partial charge is 0.497 e. The number of nitrogens with one attached hydrogen (secondary N) is 1. The molecule has 1 aromatic rings. The zero-order valence-electron chi connectivity index (χ0n) is 11.2. The van der Waals surface area contributed by atoms with Gasteiger partial charge in [0.2, 0.25) is 0 Å². The fraction of sp³-hybridized carbons (Fsp3) is 0.571. The maximum absolute atomic E-state index is 5.46. The summed E-state index contributed by atoms with van der Waals surface area (Å²) in [5, 5.41) is 3.54. The van der Waals surface area contributed by atoms with Crippen LogP contribution in [-0.2, 0) is 4.74 Å². The lowest BCUT2D eigenvalue weighted by Crippen LogP contribution is -2.36. The predicted molar refractivity (Wildman–Crippen MR) is 71.6 cm³/mol. The first-order valence-electron chi connectivity index (χ1n) is 6.31. The van der Waals surface area contributed by atoms with Gasteiger partial charge in [-0.25, -0.2) is 0 Å². The topological polar surface area (TPSA) is 39.7 Å². The van der Waals surface area contributed by atoms with E-state index in [4.69, 9.17) is 14.2 Å². The van der Waals surface area contributed by atoms with Gasteiger partial charge in [0.05, 0.1) is 26.5 Å². The highest BCUT2D eigenvalue weighted by Gasteiger charge is 2.22. The van der Waals surface area contributed by atoms with E-state index >= 15 is 0 Å². The van der Waals surface area contributed by atoms with Crippen LogP contribution in [0.4, 0.5) is 5.69 Å². The molecule has 1 N–H and O–H groups in total. The Morgan fingerprint density at radius 3 is 2.78 bits per heavy atom. The molecule has 0 spiro atoms. The Morgan fingerprint density at radius 2 is 2.11 bits per heavy atom. The van der Waals surface area contributed by atoms with Gasteiger partial charge >= 0.3 is 0 Å². The summed E-state index contributed by atoms with van der Waals surface area (Å²) in [6.45, 7) is 3.82. The number of ether oxygens (including phenoxy) is 3. The van der Waals surface area contributed by atoms with Crippen molar-refractivity contribution in [2.24, 2.45) is 5.92 Å². The molecule has 4 heteroatoms. The second-order valence-electron chi connectivity index (χ2n) is 4.66. The third-order valence-corrected chi connectivity index (χ3v) is 3.39. The van der Waals surface area contributed by atoms with Gasteiger partial charge in [0.15, 0.2) is 0 Å². The second kappa shape index (κ2) is 5.96. The SMILES string of the molecule is COc1ccc(OC)c(NC2CCOCC2C)c1. The molecular weight excluding hydrogens is 230 g/mol. The van der Waals surface area contributed by atoms with Gasteiger partial charge in [0.25, 0.3) is 0 Å². The first kappa shape index (κ1) is 13.0. The van der Waals surface area contributed by atoms with Crippen LogP contribution >= 0.6 is 0 Å². The summed E-state index contributed by atoms with van der Waals surface area (Å²) >= 11 is 0. The Bertz CT molecular complexity index is 395. The van der Waals surface area contributed by atoms with Crippen LogP contribution in [0.15, 0.2) is 18.2 Å². The fourth-order valence-corrected chi connectivity index (χ4v) is 2.22. The summed E-state index contributed by atoms with van der Waals surface area (Å²) in [6.07, 6.45) is 1.02. The zero-order valence-corrected chi connectivity index (χ0v) is 11.2. The molecule has 0 saturated carbocycles. The third kappa shape index (κ3) is 2.88. The summed E-state index contributed by atoms with van der Waals surface area (Å²) in [5.74, 6) is 2.17. The van der Waals surface area contributed by atoms with Gasteiger partial charge in [-0.2, -0.15) is 0 Å². The molecule has 1 aromatic carbocycles. The van der Waals surface area contributed by atoms with E-state index < -0.39 is 0 Å². The van der Waals surface area contributed by atoms with Gasteiger partial charge in [-0.15, -0.1) is 0 Å². The highest BCUT2D eigenvalue weighted by molar-refractivity contribution is 5.60. The molecular formula is C14H21NO3. The van der Waals surface area contributed by atoms with Crippen LogP contribution in [-0.4, -0.2) is 33.5 Å². The summed E-state index contributed by atoms with van der Waals surface area (Å²) in [5.41, 5.74) is 0.982. The molecule has 1 fully saturated rings. The van der Waals surface area contributed by atoms with E-state index in [1.54, 1.807) is 14.2 Å². The Kier molecular flexibility index (Phi) is 4.31. The summed E-state index contributed by atoms with van der Waals surface area (Å²) in [7, 11) is 3.35. The van der Waals surface area contributed by atoms with Crippen molar-refractivity contribution in [1.29, 1.82) is 0 Å². The van der Waals surface area contributed by atoms with Crippen molar-refractivity contribution in [2.75, 3.05) is 32.8 Å². The molecule has 18 heavy (non-hydrogen) atoms. The first-order chi connectivity index (χ1) is 8.74. The molecule has 2 unspecified atom stereocenters. The van der Waals surface area contributed by atoms with Gasteiger partial charge in [-0.3, -0.25) is 0 Å². The Balaban J connectivity index is 2.15. The van der Waals surface area contributed by atoms with Crippen molar-refractivity contribution in [3.8, 4) is 11.5 Å². The molecule has 1 saturated heterocycles. The average Bonchev–Trinajstić information content (AvgIpc) is 2.41. The van der Waals surface area contributed by atoms with Gasteiger partial charge < -0.3 is 19.5 Å². The van der Waals surface area contributed by atoms with Crippen LogP contribution in [0, 0.1) is 5.92 Å². The highest BCUT2D eigenvalue weighted by Crippen LogP contribution is 2.31. The molecule has 2 rings (SSSR count). The summed E-state index contributed by atoms with van der Waals surface area (Å²) in [4.78, 5) is 0. The quantitative estimate of drug-likeness (QED) is 0.892. The molecule has 0 amide bonds. The van der Waals surface area contributed by atoms with E-state index in [0.717, 1.165) is 36.8 Å². The normalized spacial score (nSPS) is 23.5. The monoisotopic (exact) mass is 251 g/mol. The van der Waals surface area contributed by atoms with Crippen molar-refractivity contribution < 1.29 is 14.2 Å². The van der Waals surface area contributed by atoms with Crippen LogP contribution in [0.2, 0.25) is 0 Å². The Morgan fingerprint density at radius 1 is 1.28 bits per heavy atom. The minimum atomic E-state index is 0.416. The summed E-state index contributed by atoms with van der Waals surface area (Å²) < 4.78 is 16.1. The number of anilines is 1. The average molecular weight is 251 g/mol. The standard InChI is InChI=1S/C14H21NO3/c1-10-9-18-7-6-12(10)15-13-8-11(16-2)4-5-14(13)17-3/h4-5,8,10,12,15H,6-7,9H2,1-3H3. The smallest absolute Gasteiger partial charge is 0.142 e. The van der Waals surface area contributed by atoms with Crippen LogP contribution in [0.5, 0.6) is 11.5 Å². The van der Waals surface area contributed by atoms with Crippen LogP contribution < -0.4 is 14.8 Å². The van der Waals surface area contributed by atoms with Gasteiger partial charge in [0, 0.05) is 18.7 Å². The Labute approximate surface area is 108 Å². The number of hydrogen-bond acceptors (Lipinski definition) is 4. The van der Waals surface area contributed by atoms with E-state index in [-0.39, 0.29) is 0 Å². The lowest BCUT2D eigenvalue weighted by Gasteiger charge is -2.31. The molecule has 4 nitrogen and oxygen atoms in total. The van der Waals surface area contributed by atoms with Crippen LogP contribution in [0.25, 0.3) is 0 Å². The molecule has 1 heterocycles. The third-order valence-electron chi connectivity index (χ3n) is 3.39. The van der Waals surface area contributed by atoms with Crippen molar-refractivity contribution in [2.45, 2.75) is 19.4 Å². The molecule has 100 valence electrons. The lowest BCUT2D eigenvalue weighted by atomic mass is 9.97. The molecule has 0 radical (unpaired) electrons. The van der Waals surface area contributed by atoms with Crippen molar-refractivity contribution >= 4 is 5.69 Å². The van der Waals surface area contributed by atoms with Gasteiger partial charge in [-0.1, -0.05) is 6.92 Å². The molecule has 0 aliphatic carbocycles. The number of hydrogen-bond donors (Lipinski definition) is 1. The van der Waals surface area contributed by atoms with Crippen LogP contribution in [0.1, 0.15) is 13.3 Å². The van der Waals surface area contributed by atoms with E-state index in [9.17, 15) is 0 Å². The maximum Gasteiger partial charge on any atom is 0.142 e. The summed E-state index contributed by atoms with van der Waals surface area (Å²) in [6, 6.07) is 6.21. The van der Waals surface area contributed by atoms with E-state index in [0.29, 0.717) is 12.0 Å². The predicted octanol–water partition coefficient (Wildman–Crippen LogP) is 2.54. The van der Waals surface area contributed by atoms with E-state index in [1.807, 2.05) is 18.2 Å². The number of benzene rings is 1. The Hall–Kier alpha value is -1.42. The van der Waals surface area contributed by atoms with E-state index in [2.05, 4.69) is 12.2 Å². The molecule has 0 aromatic heterocycles. The lowest BCUT2D eigenvalue weighted by molar-refractivity contribution is 0.0537. The molecule has 1 aliphatic rings. The highest BCUT2D eigenvalue weighted by atomic mass is 16.5. The van der Waals surface area contributed by atoms with E-state index in [1.165, 1.54) is 0 Å². The molecule has 0 bridgehead atoms. The first-order valence-corrected chi connectivity index (χ1v) is 6.31. The minimum Gasteiger partial charge on any atom is -0.497 e. The van der Waals surface area contributed by atoms with Gasteiger partial charge in [-0.05, 0) is 24.5 Å². The maximum atomic E-state index is 5.46. The molecule has 1 aliphatic heterocycles. The second-order valence-corrected chi connectivity index (χ2v) is 4.66.